The Labute approximate surface area is 138 Å². The lowest BCUT2D eigenvalue weighted by atomic mass is 9.93. The lowest BCUT2D eigenvalue weighted by Gasteiger charge is -2.40. The summed E-state index contributed by atoms with van der Waals surface area (Å²) in [7, 11) is 1.88. The number of piperidine rings is 1. The second-order valence-corrected chi connectivity index (χ2v) is 6.30. The quantitative estimate of drug-likeness (QED) is 0.929. The number of carbonyl (C=O) groups is 1. The lowest BCUT2D eigenvalue weighted by Crippen LogP contribution is -2.51. The van der Waals surface area contributed by atoms with Crippen LogP contribution in [0.5, 0.6) is 0 Å². The van der Waals surface area contributed by atoms with E-state index in [1.165, 1.54) is 0 Å². The maximum Gasteiger partial charge on any atom is 0.321 e. The molecule has 5 nitrogen and oxygen atoms in total. The molecule has 2 atom stereocenters. The summed E-state index contributed by atoms with van der Waals surface area (Å²) < 4.78 is 0. The molecule has 1 saturated heterocycles. The zero-order valence-electron chi connectivity index (χ0n) is 14.2. The largest absolute Gasteiger partial charge is 0.324 e. The molecule has 0 spiro atoms. The van der Waals surface area contributed by atoms with E-state index in [4.69, 9.17) is 5.26 Å². The van der Waals surface area contributed by atoms with Gasteiger partial charge in [-0.2, -0.15) is 5.26 Å². The molecule has 23 heavy (non-hydrogen) atoms. The van der Waals surface area contributed by atoms with Crippen LogP contribution in [0.15, 0.2) is 24.3 Å². The van der Waals surface area contributed by atoms with Gasteiger partial charge in [0.05, 0.1) is 12.5 Å². The van der Waals surface area contributed by atoms with Gasteiger partial charge in [-0.05, 0) is 36.6 Å². The number of anilines is 1. The van der Waals surface area contributed by atoms with Gasteiger partial charge in [0.15, 0.2) is 0 Å². The summed E-state index contributed by atoms with van der Waals surface area (Å²) in [4.78, 5) is 16.7. The highest BCUT2D eigenvalue weighted by Gasteiger charge is 2.30. The van der Waals surface area contributed by atoms with Crippen molar-refractivity contribution in [2.24, 2.45) is 5.92 Å². The van der Waals surface area contributed by atoms with Gasteiger partial charge in [0.25, 0.3) is 0 Å². The Morgan fingerprint density at radius 1 is 1.43 bits per heavy atom. The van der Waals surface area contributed by atoms with Crippen LogP contribution in [0, 0.1) is 17.2 Å². The van der Waals surface area contributed by atoms with E-state index in [1.54, 1.807) is 0 Å². The Morgan fingerprint density at radius 3 is 2.70 bits per heavy atom. The fourth-order valence-electron chi connectivity index (χ4n) is 3.24. The lowest BCUT2D eigenvalue weighted by molar-refractivity contribution is 0.101. The molecule has 1 N–H and O–H groups in total. The van der Waals surface area contributed by atoms with Crippen molar-refractivity contribution >= 4 is 11.7 Å². The highest BCUT2D eigenvalue weighted by molar-refractivity contribution is 5.89. The highest BCUT2D eigenvalue weighted by atomic mass is 16.2. The van der Waals surface area contributed by atoms with Crippen LogP contribution in [0.2, 0.25) is 0 Å². The fourth-order valence-corrected chi connectivity index (χ4v) is 3.24. The first-order chi connectivity index (χ1) is 11.0. The molecule has 0 bridgehead atoms. The minimum absolute atomic E-state index is 0.0696. The predicted octanol–water partition coefficient (Wildman–Crippen LogP) is 2.95. The van der Waals surface area contributed by atoms with Crippen molar-refractivity contribution in [3.05, 3.63) is 29.8 Å². The second-order valence-electron chi connectivity index (χ2n) is 6.30. The Hall–Kier alpha value is -2.06. The molecule has 1 aromatic rings. The van der Waals surface area contributed by atoms with Crippen LogP contribution in [0.4, 0.5) is 10.5 Å². The van der Waals surface area contributed by atoms with E-state index in [0.29, 0.717) is 12.3 Å². The zero-order chi connectivity index (χ0) is 16.8. The first-order valence-electron chi connectivity index (χ1n) is 8.27. The predicted molar refractivity (Wildman–Crippen MR) is 92.2 cm³/mol. The van der Waals surface area contributed by atoms with E-state index < -0.39 is 0 Å². The number of hydrogen-bond donors (Lipinski definition) is 1. The number of urea groups is 1. The molecule has 0 aromatic heterocycles. The van der Waals surface area contributed by atoms with Gasteiger partial charge in [-0.25, -0.2) is 4.79 Å². The number of carbonyl (C=O) groups excluding carboxylic acids is 1. The van der Waals surface area contributed by atoms with Crippen molar-refractivity contribution < 1.29 is 4.79 Å². The van der Waals surface area contributed by atoms with Gasteiger partial charge >= 0.3 is 6.03 Å². The summed E-state index contributed by atoms with van der Waals surface area (Å²) in [5.74, 6) is 0.470. The molecule has 0 saturated carbocycles. The Bertz CT molecular complexity index is 563. The smallest absolute Gasteiger partial charge is 0.321 e. The van der Waals surface area contributed by atoms with Crippen LogP contribution in [-0.2, 0) is 6.42 Å². The third-order valence-corrected chi connectivity index (χ3v) is 4.70. The summed E-state index contributed by atoms with van der Waals surface area (Å²) >= 11 is 0. The van der Waals surface area contributed by atoms with Gasteiger partial charge in [0.2, 0.25) is 0 Å². The third kappa shape index (κ3) is 4.46. The molecule has 1 aromatic carbocycles. The topological polar surface area (TPSA) is 59.4 Å². The fraction of sp³-hybridized carbons (Fsp3) is 0.556. The molecule has 0 radical (unpaired) electrons. The van der Waals surface area contributed by atoms with Crippen molar-refractivity contribution in [2.45, 2.75) is 32.7 Å². The number of hydrogen-bond acceptors (Lipinski definition) is 3. The van der Waals surface area contributed by atoms with Crippen LogP contribution < -0.4 is 5.32 Å². The first kappa shape index (κ1) is 17.3. The zero-order valence-corrected chi connectivity index (χ0v) is 14.2. The molecule has 124 valence electrons. The molecular weight excluding hydrogens is 288 g/mol. The van der Waals surface area contributed by atoms with Crippen molar-refractivity contribution in [3.63, 3.8) is 0 Å². The standard InChI is InChI=1S/C18H26N4O/c1-4-22-12-10-17(14(2)13-22)21(3)18(23)20-16-7-5-15(6-8-16)9-11-19/h5-8,14,17H,4,9-10,12-13H2,1-3H3,(H,20,23)/t14-,17+/m1/s1. The first-order valence-corrected chi connectivity index (χ1v) is 8.27. The van der Waals surface area contributed by atoms with Gasteiger partial charge in [-0.15, -0.1) is 0 Å². The molecule has 0 aliphatic carbocycles. The van der Waals surface area contributed by atoms with E-state index in [9.17, 15) is 4.79 Å². The monoisotopic (exact) mass is 314 g/mol. The van der Waals surface area contributed by atoms with Crippen LogP contribution >= 0.6 is 0 Å². The maximum atomic E-state index is 12.5. The Balaban J connectivity index is 1.93. The molecule has 1 aliphatic heterocycles. The van der Waals surface area contributed by atoms with Gasteiger partial charge in [-0.3, -0.25) is 0 Å². The van der Waals surface area contributed by atoms with E-state index in [1.807, 2.05) is 36.2 Å². The summed E-state index contributed by atoms with van der Waals surface area (Å²) in [5.41, 5.74) is 1.72. The van der Waals surface area contributed by atoms with Crippen molar-refractivity contribution in [2.75, 3.05) is 32.0 Å². The molecule has 1 aliphatic rings. The minimum atomic E-state index is -0.0696. The SMILES string of the molecule is CCN1CC[C@H](N(C)C(=O)Nc2ccc(CC#N)cc2)[C@H](C)C1. The minimum Gasteiger partial charge on any atom is -0.324 e. The van der Waals surface area contributed by atoms with E-state index >= 15 is 0 Å². The molecule has 2 rings (SSSR count). The van der Waals surface area contributed by atoms with Crippen LogP contribution in [0.3, 0.4) is 0 Å². The summed E-state index contributed by atoms with van der Waals surface area (Å²) in [6.45, 7) is 7.56. The van der Waals surface area contributed by atoms with Crippen LogP contribution in [0.25, 0.3) is 0 Å². The van der Waals surface area contributed by atoms with Gasteiger partial charge in [0.1, 0.15) is 0 Å². The number of amides is 2. The van der Waals surface area contributed by atoms with Gasteiger partial charge in [0, 0.05) is 31.9 Å². The normalized spacial score (nSPS) is 21.5. The van der Waals surface area contributed by atoms with Gasteiger partial charge < -0.3 is 15.1 Å². The number of nitrogens with one attached hydrogen (secondary N) is 1. The number of benzene rings is 1. The Kier molecular flexibility index (Phi) is 6.00. The van der Waals surface area contributed by atoms with E-state index in [2.05, 4.69) is 30.1 Å². The number of likely N-dealkylation sites (tertiary alicyclic amines) is 1. The average Bonchev–Trinajstić information content (AvgIpc) is 2.56. The molecule has 2 amide bonds. The van der Waals surface area contributed by atoms with Crippen LogP contribution in [0.1, 0.15) is 25.8 Å². The highest BCUT2D eigenvalue weighted by Crippen LogP contribution is 2.22. The Morgan fingerprint density at radius 2 is 2.13 bits per heavy atom. The van der Waals surface area contributed by atoms with E-state index in [-0.39, 0.29) is 12.1 Å². The average molecular weight is 314 g/mol. The van der Waals surface area contributed by atoms with Gasteiger partial charge in [-0.1, -0.05) is 26.0 Å². The van der Waals surface area contributed by atoms with Crippen molar-refractivity contribution in [1.29, 1.82) is 5.26 Å². The molecule has 1 fully saturated rings. The molecular formula is C18H26N4O. The van der Waals surface area contributed by atoms with E-state index in [0.717, 1.165) is 37.3 Å². The number of nitriles is 1. The van der Waals surface area contributed by atoms with Crippen molar-refractivity contribution in [1.82, 2.24) is 9.80 Å². The molecule has 1 heterocycles. The summed E-state index contributed by atoms with van der Waals surface area (Å²) in [5, 5.41) is 11.6. The van der Waals surface area contributed by atoms with Crippen molar-refractivity contribution in [3.8, 4) is 6.07 Å². The molecule has 0 unspecified atom stereocenters. The molecule has 5 heteroatoms. The maximum absolute atomic E-state index is 12.5. The second kappa shape index (κ2) is 7.98. The van der Waals surface area contributed by atoms with Crippen LogP contribution in [-0.4, -0.2) is 48.6 Å². The summed E-state index contributed by atoms with van der Waals surface area (Å²) in [6, 6.07) is 9.77. The number of nitrogens with zero attached hydrogens (tertiary/aromatic N) is 3. The summed E-state index contributed by atoms with van der Waals surface area (Å²) in [6.07, 6.45) is 1.40. The number of rotatable bonds is 4. The third-order valence-electron chi connectivity index (χ3n) is 4.70.